The maximum Gasteiger partial charge on any atom is 0.270 e. The summed E-state index contributed by atoms with van der Waals surface area (Å²) < 4.78 is 4.61. The Labute approximate surface area is 117 Å². The van der Waals surface area contributed by atoms with Gasteiger partial charge in [-0.1, -0.05) is 6.07 Å². The summed E-state index contributed by atoms with van der Waals surface area (Å²) in [6, 6.07) is 4.84. The number of hydrogen-bond acceptors (Lipinski definition) is 3. The van der Waals surface area contributed by atoms with E-state index in [-0.39, 0.29) is 5.69 Å². The molecule has 0 aliphatic heterocycles. The van der Waals surface area contributed by atoms with E-state index in [1.807, 2.05) is 21.8 Å². The van der Waals surface area contributed by atoms with Crippen molar-refractivity contribution in [3.8, 4) is 0 Å². The van der Waals surface area contributed by atoms with E-state index in [9.17, 15) is 10.1 Å². The Morgan fingerprint density at radius 2 is 1.72 bits per heavy atom. The molecule has 0 saturated heterocycles. The number of nitrogens with zero attached hydrogens (tertiary/aromatic N) is 1. The lowest BCUT2D eigenvalue weighted by atomic mass is 9.59. The predicted molar refractivity (Wildman–Crippen MR) is 87.3 cm³/mol. The van der Waals surface area contributed by atoms with E-state index in [0.29, 0.717) is 5.56 Å². The molecule has 1 atom stereocenters. The van der Waals surface area contributed by atoms with Gasteiger partial charge in [-0.3, -0.25) is 10.1 Å². The molecule has 0 radical (unpaired) electrons. The smallest absolute Gasteiger partial charge is 0.270 e. The minimum Gasteiger partial charge on any atom is -0.372 e. The van der Waals surface area contributed by atoms with Gasteiger partial charge in [0, 0.05) is 22.2 Å². The van der Waals surface area contributed by atoms with Crippen LogP contribution in [0.5, 0.6) is 0 Å². The minimum absolute atomic E-state index is 0.0198. The molecule has 1 aromatic rings. The van der Waals surface area contributed by atoms with Gasteiger partial charge in [-0.2, -0.15) is 0 Å². The third-order valence-corrected chi connectivity index (χ3v) is 3.61. The number of benzene rings is 1. The molecule has 1 rings (SSSR count). The van der Waals surface area contributed by atoms with Crippen LogP contribution in [0.15, 0.2) is 18.2 Å². The first-order chi connectivity index (χ1) is 8.08. The number of halogens is 1. The molecule has 0 aromatic heterocycles. The Bertz CT molecular complexity index is 480. The standard InChI is InChI=1S/C8H13B4ClNO3P/c9-7(10,13)4-1-5(8(11,12)17-18)3-6(2-4)14(15)16/h1-3H,9-12,18H2. The number of alkyl halides is 1. The first kappa shape index (κ1) is 15.6. The molecule has 0 heterocycles. The maximum atomic E-state index is 11.0. The van der Waals surface area contributed by atoms with E-state index in [0.717, 1.165) is 5.56 Å². The Kier molecular flexibility index (Phi) is 4.58. The predicted octanol–water partition coefficient (Wildman–Crippen LogP) is -1.61. The summed E-state index contributed by atoms with van der Waals surface area (Å²) in [6.45, 7) is 0. The van der Waals surface area contributed by atoms with Crippen LogP contribution >= 0.6 is 21.1 Å². The number of non-ortho nitro benzene ring substituents is 1. The lowest BCUT2D eigenvalue weighted by molar-refractivity contribution is -0.385. The fourth-order valence-corrected chi connectivity index (χ4v) is 1.72. The summed E-state index contributed by atoms with van der Waals surface area (Å²) >= 11 is 6.23. The van der Waals surface area contributed by atoms with Gasteiger partial charge in [0.15, 0.2) is 0 Å². The largest absolute Gasteiger partial charge is 0.372 e. The van der Waals surface area contributed by atoms with Gasteiger partial charge in [-0.15, -0.1) is 11.6 Å². The van der Waals surface area contributed by atoms with Crippen molar-refractivity contribution < 1.29 is 9.45 Å². The zero-order valence-corrected chi connectivity index (χ0v) is 12.8. The minimum atomic E-state index is -0.669. The molecule has 0 aliphatic rings. The van der Waals surface area contributed by atoms with Crippen molar-refractivity contribution in [1.82, 2.24) is 0 Å². The molecule has 1 unspecified atom stereocenters. The fourth-order valence-electron chi connectivity index (χ4n) is 1.48. The van der Waals surface area contributed by atoms with Crippen LogP contribution in [0.2, 0.25) is 0 Å². The van der Waals surface area contributed by atoms with Crippen molar-refractivity contribution >= 4 is 58.1 Å². The van der Waals surface area contributed by atoms with Gasteiger partial charge in [-0.05, 0) is 20.6 Å². The van der Waals surface area contributed by atoms with Crippen molar-refractivity contribution in [2.75, 3.05) is 0 Å². The first-order valence-electron chi connectivity index (χ1n) is 5.45. The normalized spacial score (nSPS) is 12.3. The lowest BCUT2D eigenvalue weighted by Crippen LogP contribution is -2.28. The van der Waals surface area contributed by atoms with Crippen LogP contribution in [-0.4, -0.2) is 36.3 Å². The van der Waals surface area contributed by atoms with Crippen molar-refractivity contribution in [1.29, 1.82) is 0 Å². The SMILES string of the molecule is BC(B)(Cl)c1cc([N+](=O)[O-])cc(C(B)(B)OP)c1. The average Bonchev–Trinajstić information content (AvgIpc) is 2.27. The molecule has 0 saturated carbocycles. The zero-order valence-electron chi connectivity index (χ0n) is 10.9. The molecular formula is C8H13B4ClNO3P. The first-order valence-corrected chi connectivity index (χ1v) is 6.30. The summed E-state index contributed by atoms with van der Waals surface area (Å²) in [7, 11) is 9.45. The van der Waals surface area contributed by atoms with E-state index in [1.165, 1.54) is 12.1 Å². The van der Waals surface area contributed by atoms with Crippen LogP contribution < -0.4 is 0 Å². The average molecular weight is 281 g/mol. The van der Waals surface area contributed by atoms with Gasteiger partial charge in [0.25, 0.3) is 5.69 Å². The Morgan fingerprint density at radius 1 is 1.22 bits per heavy atom. The van der Waals surface area contributed by atoms with Gasteiger partial charge >= 0.3 is 0 Å². The summed E-state index contributed by atoms with van der Waals surface area (Å²) in [6.07, 6.45) is 0. The molecule has 0 bridgehead atoms. The van der Waals surface area contributed by atoms with Crippen molar-refractivity contribution in [3.05, 3.63) is 39.4 Å². The van der Waals surface area contributed by atoms with Crippen LogP contribution in [0.3, 0.4) is 0 Å². The Balaban J connectivity index is 3.46. The highest BCUT2D eigenvalue weighted by atomic mass is 35.5. The zero-order chi connectivity index (χ0) is 14.1. The van der Waals surface area contributed by atoms with Gasteiger partial charge in [0.05, 0.1) is 4.92 Å². The molecule has 4 nitrogen and oxygen atoms in total. The maximum absolute atomic E-state index is 11.0. The summed E-state index contributed by atoms with van der Waals surface area (Å²) in [4.78, 5) is 10.5. The van der Waals surface area contributed by atoms with Gasteiger partial charge in [0.1, 0.15) is 31.4 Å². The van der Waals surface area contributed by atoms with E-state index in [2.05, 4.69) is 9.47 Å². The van der Waals surface area contributed by atoms with Gasteiger partial charge < -0.3 is 4.52 Å². The highest BCUT2D eigenvalue weighted by molar-refractivity contribution is 7.10. The highest BCUT2D eigenvalue weighted by Gasteiger charge is 2.27. The number of nitro groups is 1. The Morgan fingerprint density at radius 3 is 2.11 bits per heavy atom. The summed E-state index contributed by atoms with van der Waals surface area (Å²) in [5.41, 5.74) is 1.44. The van der Waals surface area contributed by atoms with Crippen molar-refractivity contribution in [2.45, 2.75) is 10.1 Å². The van der Waals surface area contributed by atoms with Crippen LogP contribution in [-0.2, 0) is 14.6 Å². The van der Waals surface area contributed by atoms with E-state index < -0.39 is 15.0 Å². The Hall–Kier alpha value is -0.440. The molecule has 0 aliphatic carbocycles. The molecule has 1 aromatic carbocycles. The van der Waals surface area contributed by atoms with Crippen LogP contribution in [0.1, 0.15) is 11.1 Å². The second-order valence-electron chi connectivity index (χ2n) is 5.13. The molecule has 0 amide bonds. The monoisotopic (exact) mass is 281 g/mol. The van der Waals surface area contributed by atoms with E-state index in [1.54, 1.807) is 15.7 Å². The van der Waals surface area contributed by atoms with Gasteiger partial charge in [-0.25, -0.2) is 0 Å². The van der Waals surface area contributed by atoms with Crippen LogP contribution in [0, 0.1) is 10.1 Å². The molecule has 0 N–H and O–H groups in total. The quantitative estimate of drug-likeness (QED) is 0.219. The second kappa shape index (κ2) is 5.28. The number of nitro benzene ring substituents is 1. The molecular weight excluding hydrogens is 268 g/mol. The van der Waals surface area contributed by atoms with Crippen LogP contribution in [0.25, 0.3) is 0 Å². The third kappa shape index (κ3) is 3.53. The summed E-state index contributed by atoms with van der Waals surface area (Å²) in [5.74, 6) is 0. The fraction of sp³-hybridized carbons (Fsp3) is 0.250. The number of hydrogen-bond donors (Lipinski definition) is 0. The number of rotatable bonds is 4. The third-order valence-electron chi connectivity index (χ3n) is 2.80. The van der Waals surface area contributed by atoms with Crippen molar-refractivity contribution in [2.24, 2.45) is 0 Å². The second-order valence-corrected chi connectivity index (χ2v) is 6.31. The molecule has 92 valence electrons. The summed E-state index contributed by atoms with van der Waals surface area (Å²) in [5, 5.41) is 10.3. The molecule has 0 spiro atoms. The van der Waals surface area contributed by atoms with E-state index in [4.69, 9.17) is 16.1 Å². The van der Waals surface area contributed by atoms with Crippen molar-refractivity contribution in [3.63, 3.8) is 0 Å². The molecule has 0 fully saturated rings. The van der Waals surface area contributed by atoms with Crippen LogP contribution in [0.4, 0.5) is 5.69 Å². The highest BCUT2D eigenvalue weighted by Crippen LogP contribution is 2.31. The van der Waals surface area contributed by atoms with E-state index >= 15 is 0 Å². The lowest BCUT2D eigenvalue weighted by Gasteiger charge is -2.26. The molecule has 18 heavy (non-hydrogen) atoms. The van der Waals surface area contributed by atoms with Gasteiger partial charge in [0.2, 0.25) is 0 Å². The molecule has 10 heteroatoms. The topological polar surface area (TPSA) is 52.4 Å².